The quantitative estimate of drug-likeness (QED) is 0.593. The van der Waals surface area contributed by atoms with Crippen molar-refractivity contribution >= 4 is 12.3 Å². The highest BCUT2D eigenvalue weighted by atomic mass is 16.5. The first-order valence-electron chi connectivity index (χ1n) is 4.91. The van der Waals surface area contributed by atoms with Gasteiger partial charge in [-0.3, -0.25) is 4.79 Å². The maximum absolute atomic E-state index is 11.5. The van der Waals surface area contributed by atoms with Crippen molar-refractivity contribution in [3.8, 4) is 0 Å². The highest BCUT2D eigenvalue weighted by molar-refractivity contribution is 5.87. The van der Waals surface area contributed by atoms with E-state index in [9.17, 15) is 9.59 Å². The molecule has 0 radical (unpaired) electrons. The van der Waals surface area contributed by atoms with Crippen molar-refractivity contribution in [2.24, 2.45) is 0 Å². The fraction of sp³-hybridized carbons (Fsp3) is 0.0833. The summed E-state index contributed by atoms with van der Waals surface area (Å²) in [6.07, 6.45) is 2.10. The summed E-state index contributed by atoms with van der Waals surface area (Å²) in [6, 6.07) is 8.05. The molecule has 2 rings (SSSR count). The van der Waals surface area contributed by atoms with Gasteiger partial charge in [-0.1, -0.05) is 6.07 Å². The van der Waals surface area contributed by atoms with Gasteiger partial charge in [-0.25, -0.2) is 9.78 Å². The number of hydrogen-bond donors (Lipinski definition) is 0. The number of rotatable bonds is 4. The third-order valence-corrected chi connectivity index (χ3v) is 2.02. The van der Waals surface area contributed by atoms with Crippen molar-refractivity contribution in [3.05, 3.63) is 53.7 Å². The van der Waals surface area contributed by atoms with E-state index in [1.807, 2.05) is 0 Å². The SMILES string of the molecule is O=Cc1ccc(COC(=O)c2ccccn2)o1. The van der Waals surface area contributed by atoms with Gasteiger partial charge < -0.3 is 9.15 Å². The smallest absolute Gasteiger partial charge is 0.357 e. The molecular weight excluding hydrogens is 222 g/mol. The van der Waals surface area contributed by atoms with Crippen LogP contribution >= 0.6 is 0 Å². The van der Waals surface area contributed by atoms with Crippen molar-refractivity contribution in [2.45, 2.75) is 6.61 Å². The van der Waals surface area contributed by atoms with Crippen LogP contribution in [0.4, 0.5) is 0 Å². The van der Waals surface area contributed by atoms with Crippen LogP contribution in [0.3, 0.4) is 0 Å². The lowest BCUT2D eigenvalue weighted by Gasteiger charge is -2.01. The number of aldehydes is 1. The molecule has 0 saturated heterocycles. The molecule has 0 N–H and O–H groups in total. The van der Waals surface area contributed by atoms with Crippen LogP contribution in [-0.2, 0) is 11.3 Å². The standard InChI is InChI=1S/C12H9NO4/c14-7-9-4-5-10(17-9)8-16-12(15)11-3-1-2-6-13-11/h1-7H,8H2. The molecule has 0 aliphatic heterocycles. The van der Waals surface area contributed by atoms with Crippen molar-refractivity contribution in [1.82, 2.24) is 4.98 Å². The molecule has 0 unspecified atom stereocenters. The first kappa shape index (κ1) is 11.1. The third kappa shape index (κ3) is 2.78. The summed E-state index contributed by atoms with van der Waals surface area (Å²) in [4.78, 5) is 25.7. The average molecular weight is 231 g/mol. The van der Waals surface area contributed by atoms with E-state index in [4.69, 9.17) is 9.15 Å². The van der Waals surface area contributed by atoms with Gasteiger partial charge in [-0.15, -0.1) is 0 Å². The second kappa shape index (κ2) is 5.07. The number of furan rings is 1. The number of esters is 1. The second-order valence-electron chi connectivity index (χ2n) is 3.21. The Hall–Kier alpha value is -2.43. The van der Waals surface area contributed by atoms with E-state index < -0.39 is 5.97 Å². The molecule has 0 fully saturated rings. The van der Waals surface area contributed by atoms with Gasteiger partial charge in [0.25, 0.3) is 0 Å². The number of hydrogen-bond acceptors (Lipinski definition) is 5. The predicted octanol–water partition coefficient (Wildman–Crippen LogP) is 1.84. The Morgan fingerprint density at radius 2 is 2.24 bits per heavy atom. The molecular formula is C12H9NO4. The fourth-order valence-corrected chi connectivity index (χ4v) is 1.23. The van der Waals surface area contributed by atoms with E-state index >= 15 is 0 Å². The van der Waals surface area contributed by atoms with Gasteiger partial charge in [-0.05, 0) is 24.3 Å². The van der Waals surface area contributed by atoms with Gasteiger partial charge in [-0.2, -0.15) is 0 Å². The van der Waals surface area contributed by atoms with Crippen LogP contribution in [0.1, 0.15) is 26.8 Å². The summed E-state index contributed by atoms with van der Waals surface area (Å²) in [5.74, 6) is 0.0833. The van der Waals surface area contributed by atoms with Crippen LogP contribution in [0.15, 0.2) is 40.9 Å². The number of pyridine rings is 1. The lowest BCUT2D eigenvalue weighted by molar-refractivity contribution is 0.0438. The topological polar surface area (TPSA) is 69.4 Å². The summed E-state index contributed by atoms with van der Waals surface area (Å²) < 4.78 is 10.0. The van der Waals surface area contributed by atoms with Gasteiger partial charge >= 0.3 is 5.97 Å². The van der Waals surface area contributed by atoms with Crippen molar-refractivity contribution in [1.29, 1.82) is 0 Å². The summed E-state index contributed by atoms with van der Waals surface area (Å²) in [5, 5.41) is 0. The molecule has 86 valence electrons. The zero-order valence-electron chi connectivity index (χ0n) is 8.83. The largest absolute Gasteiger partial charge is 0.455 e. The molecule has 0 amide bonds. The van der Waals surface area contributed by atoms with Gasteiger partial charge in [0.15, 0.2) is 12.0 Å². The minimum absolute atomic E-state index is 0.0246. The summed E-state index contributed by atoms with van der Waals surface area (Å²) in [6.45, 7) is -0.0246. The first-order valence-corrected chi connectivity index (χ1v) is 4.91. The molecule has 17 heavy (non-hydrogen) atoms. The molecule has 0 spiro atoms. The predicted molar refractivity (Wildman–Crippen MR) is 57.5 cm³/mol. The van der Waals surface area contributed by atoms with Crippen LogP contribution in [0.5, 0.6) is 0 Å². The minimum Gasteiger partial charge on any atom is -0.455 e. The van der Waals surface area contributed by atoms with Crippen molar-refractivity contribution in [3.63, 3.8) is 0 Å². The minimum atomic E-state index is -0.533. The fourth-order valence-electron chi connectivity index (χ4n) is 1.23. The Morgan fingerprint density at radius 3 is 2.88 bits per heavy atom. The molecule has 0 saturated carbocycles. The first-order chi connectivity index (χ1) is 8.29. The van der Waals surface area contributed by atoms with Crippen molar-refractivity contribution in [2.75, 3.05) is 0 Å². The van der Waals surface area contributed by atoms with Gasteiger partial charge in [0.2, 0.25) is 0 Å². The Bertz CT molecular complexity index is 518. The molecule has 2 aromatic heterocycles. The molecule has 2 heterocycles. The average Bonchev–Trinajstić information content (AvgIpc) is 2.85. The third-order valence-electron chi connectivity index (χ3n) is 2.02. The second-order valence-corrected chi connectivity index (χ2v) is 3.21. The van der Waals surface area contributed by atoms with Gasteiger partial charge in [0.1, 0.15) is 18.1 Å². The number of nitrogens with zero attached hydrogens (tertiary/aromatic N) is 1. The lowest BCUT2D eigenvalue weighted by Crippen LogP contribution is -2.06. The summed E-state index contributed by atoms with van der Waals surface area (Å²) >= 11 is 0. The van der Waals surface area contributed by atoms with E-state index in [1.165, 1.54) is 12.3 Å². The molecule has 0 aromatic carbocycles. The highest BCUT2D eigenvalue weighted by Crippen LogP contribution is 2.08. The number of ether oxygens (including phenoxy) is 1. The maximum atomic E-state index is 11.5. The Morgan fingerprint density at radius 1 is 1.35 bits per heavy atom. The van der Waals surface area contributed by atoms with E-state index in [2.05, 4.69) is 4.98 Å². The molecule has 0 bridgehead atoms. The van der Waals surface area contributed by atoms with Crippen molar-refractivity contribution < 1.29 is 18.7 Å². The Labute approximate surface area is 97.0 Å². The van der Waals surface area contributed by atoms with Gasteiger partial charge in [0.05, 0.1) is 0 Å². The molecule has 0 aliphatic carbocycles. The lowest BCUT2D eigenvalue weighted by atomic mass is 10.3. The van der Waals surface area contributed by atoms with Crippen LogP contribution in [0, 0.1) is 0 Å². The Kier molecular flexibility index (Phi) is 3.30. The van der Waals surface area contributed by atoms with Crippen LogP contribution in [0.25, 0.3) is 0 Å². The molecule has 0 aliphatic rings. The zero-order chi connectivity index (χ0) is 12.1. The monoisotopic (exact) mass is 231 g/mol. The summed E-state index contributed by atoms with van der Waals surface area (Å²) in [5.41, 5.74) is 0.231. The van der Waals surface area contributed by atoms with Crippen LogP contribution in [-0.4, -0.2) is 17.2 Å². The Balaban J connectivity index is 1.94. The van der Waals surface area contributed by atoms with E-state index in [0.717, 1.165) is 0 Å². The normalized spacial score (nSPS) is 9.88. The molecule has 5 heteroatoms. The van der Waals surface area contributed by atoms with E-state index in [1.54, 1.807) is 24.3 Å². The molecule has 2 aromatic rings. The van der Waals surface area contributed by atoms with Gasteiger partial charge in [0, 0.05) is 6.20 Å². The van der Waals surface area contributed by atoms with E-state index in [0.29, 0.717) is 12.0 Å². The molecule has 5 nitrogen and oxygen atoms in total. The maximum Gasteiger partial charge on any atom is 0.357 e. The number of carbonyl (C=O) groups is 2. The number of aromatic nitrogens is 1. The van der Waals surface area contributed by atoms with Crippen LogP contribution < -0.4 is 0 Å². The molecule has 0 atom stereocenters. The van der Waals surface area contributed by atoms with Crippen LogP contribution in [0.2, 0.25) is 0 Å². The zero-order valence-corrected chi connectivity index (χ0v) is 8.83. The van der Waals surface area contributed by atoms with E-state index in [-0.39, 0.29) is 18.1 Å². The number of carbonyl (C=O) groups excluding carboxylic acids is 2. The highest BCUT2D eigenvalue weighted by Gasteiger charge is 2.09. The summed E-state index contributed by atoms with van der Waals surface area (Å²) in [7, 11) is 0.